The van der Waals surface area contributed by atoms with Crippen LogP contribution in [0, 0.1) is 0 Å². The van der Waals surface area contributed by atoms with E-state index in [2.05, 4.69) is 13.8 Å². The number of halogens is 3. The average molecular weight is 479 g/mol. The van der Waals surface area contributed by atoms with Gasteiger partial charge in [0.05, 0.1) is 0 Å². The van der Waals surface area contributed by atoms with E-state index in [0.29, 0.717) is 22.9 Å². The number of benzene rings is 4. The summed E-state index contributed by atoms with van der Waals surface area (Å²) in [5, 5.41) is 0. The Balaban J connectivity index is 1.50. The van der Waals surface area contributed by atoms with Gasteiger partial charge < -0.3 is 20.9 Å². The lowest BCUT2D eigenvalue weighted by Gasteiger charge is -2.26. The normalized spacial score (nSPS) is 11.8. The maximum absolute atomic E-state index is 13.4. The molecule has 4 N–H and O–H groups in total. The monoisotopic (exact) mass is 478 g/mol. The van der Waals surface area contributed by atoms with Crippen molar-refractivity contribution in [2.45, 2.75) is 25.4 Å². The first-order chi connectivity index (χ1) is 16.5. The van der Waals surface area contributed by atoms with Crippen molar-refractivity contribution in [3.63, 3.8) is 0 Å². The molecule has 0 saturated heterocycles. The van der Waals surface area contributed by atoms with E-state index in [1.807, 2.05) is 36.4 Å². The van der Waals surface area contributed by atoms with Crippen LogP contribution in [0.25, 0.3) is 0 Å². The standard InChI is InChI=1S/C28H25F3N2O2/c1-27(2,18-3-10-22(11-4-18)34-23-14-7-20(32)8-15-23)19-5-12-24(13-6-19)35-26-16-9-21(33)17-25(26)28(29,30)31/h3-17H,32-33H2,1-2H3. The minimum Gasteiger partial charge on any atom is -0.457 e. The van der Waals surface area contributed by atoms with Gasteiger partial charge in [0.1, 0.15) is 28.6 Å². The van der Waals surface area contributed by atoms with Gasteiger partial charge in [-0.1, -0.05) is 38.1 Å². The van der Waals surface area contributed by atoms with Gasteiger partial charge in [-0.25, -0.2) is 0 Å². The summed E-state index contributed by atoms with van der Waals surface area (Å²) in [6, 6.07) is 25.4. The highest BCUT2D eigenvalue weighted by Crippen LogP contribution is 2.40. The fourth-order valence-electron chi connectivity index (χ4n) is 3.70. The molecule has 0 atom stereocenters. The van der Waals surface area contributed by atoms with Gasteiger partial charge in [0.2, 0.25) is 0 Å². The predicted molar refractivity (Wildman–Crippen MR) is 132 cm³/mol. The molecular weight excluding hydrogens is 453 g/mol. The molecule has 35 heavy (non-hydrogen) atoms. The van der Waals surface area contributed by atoms with Crippen molar-refractivity contribution in [1.82, 2.24) is 0 Å². The molecule has 0 saturated carbocycles. The Morgan fingerprint density at radius 1 is 0.571 bits per heavy atom. The molecule has 0 unspecified atom stereocenters. The SMILES string of the molecule is CC(C)(c1ccc(Oc2ccc(N)cc2)cc1)c1ccc(Oc2ccc(N)cc2C(F)(F)F)cc1. The molecule has 4 aromatic rings. The van der Waals surface area contributed by atoms with Crippen LogP contribution in [-0.2, 0) is 11.6 Å². The van der Waals surface area contributed by atoms with E-state index in [-0.39, 0.29) is 16.9 Å². The molecule has 4 aromatic carbocycles. The summed E-state index contributed by atoms with van der Waals surface area (Å²) in [5.41, 5.74) is 12.7. The second-order valence-electron chi connectivity index (χ2n) is 8.70. The van der Waals surface area contributed by atoms with Gasteiger partial charge in [0.15, 0.2) is 0 Å². The van der Waals surface area contributed by atoms with Crippen LogP contribution in [0.1, 0.15) is 30.5 Å². The van der Waals surface area contributed by atoms with Crippen LogP contribution in [0.15, 0.2) is 91.0 Å². The van der Waals surface area contributed by atoms with Crippen LogP contribution in [0.5, 0.6) is 23.0 Å². The second kappa shape index (κ2) is 9.25. The lowest BCUT2D eigenvalue weighted by atomic mass is 9.78. The largest absolute Gasteiger partial charge is 0.457 e. The molecule has 0 bridgehead atoms. The van der Waals surface area contributed by atoms with E-state index in [1.165, 1.54) is 12.1 Å². The minimum absolute atomic E-state index is 0.0201. The van der Waals surface area contributed by atoms with Gasteiger partial charge in [-0.15, -0.1) is 0 Å². The maximum Gasteiger partial charge on any atom is 0.420 e. The Morgan fingerprint density at radius 3 is 1.49 bits per heavy atom. The topological polar surface area (TPSA) is 70.5 Å². The van der Waals surface area contributed by atoms with E-state index in [4.69, 9.17) is 20.9 Å². The summed E-state index contributed by atoms with van der Waals surface area (Å²) in [5.74, 6) is 1.39. The van der Waals surface area contributed by atoms with E-state index in [9.17, 15) is 13.2 Å². The average Bonchev–Trinajstić information content (AvgIpc) is 2.82. The first-order valence-corrected chi connectivity index (χ1v) is 10.9. The number of anilines is 2. The van der Waals surface area contributed by atoms with Crippen LogP contribution in [0.4, 0.5) is 24.5 Å². The Bertz CT molecular complexity index is 1300. The molecule has 0 spiro atoms. The van der Waals surface area contributed by atoms with Crippen molar-refractivity contribution in [2.75, 3.05) is 11.5 Å². The van der Waals surface area contributed by atoms with Gasteiger partial charge >= 0.3 is 6.18 Å². The molecular formula is C28H25F3N2O2. The number of nitrogens with two attached hydrogens (primary N) is 2. The molecule has 0 aliphatic rings. The highest BCUT2D eigenvalue weighted by molar-refractivity contribution is 5.51. The van der Waals surface area contributed by atoms with Crippen LogP contribution in [-0.4, -0.2) is 0 Å². The third kappa shape index (κ3) is 5.51. The molecule has 0 aliphatic heterocycles. The zero-order valence-corrected chi connectivity index (χ0v) is 19.3. The lowest BCUT2D eigenvalue weighted by molar-refractivity contribution is -0.138. The fraction of sp³-hybridized carbons (Fsp3) is 0.143. The zero-order chi connectivity index (χ0) is 25.2. The third-order valence-electron chi connectivity index (χ3n) is 5.80. The van der Waals surface area contributed by atoms with Crippen molar-refractivity contribution in [1.29, 1.82) is 0 Å². The molecule has 0 aromatic heterocycles. The van der Waals surface area contributed by atoms with E-state index < -0.39 is 11.7 Å². The lowest BCUT2D eigenvalue weighted by Crippen LogP contribution is -2.18. The molecule has 0 heterocycles. The summed E-state index contributed by atoms with van der Waals surface area (Å²) in [4.78, 5) is 0. The number of hydrogen-bond acceptors (Lipinski definition) is 4. The Kier molecular flexibility index (Phi) is 6.35. The van der Waals surface area contributed by atoms with Crippen LogP contribution in [0.3, 0.4) is 0 Å². The molecule has 4 nitrogen and oxygen atoms in total. The summed E-state index contributed by atoms with van der Waals surface area (Å²) in [7, 11) is 0. The minimum atomic E-state index is -4.57. The first kappa shape index (κ1) is 24.0. The predicted octanol–water partition coefficient (Wildman–Crippen LogP) is 7.78. The molecule has 180 valence electrons. The highest BCUT2D eigenvalue weighted by Gasteiger charge is 2.35. The van der Waals surface area contributed by atoms with Gasteiger partial charge in [0.25, 0.3) is 0 Å². The molecule has 7 heteroatoms. The van der Waals surface area contributed by atoms with Crippen molar-refractivity contribution in [2.24, 2.45) is 0 Å². The number of ether oxygens (including phenoxy) is 2. The first-order valence-electron chi connectivity index (χ1n) is 10.9. The number of alkyl halides is 3. The Labute approximate surface area is 201 Å². The highest BCUT2D eigenvalue weighted by atomic mass is 19.4. The molecule has 0 aliphatic carbocycles. The van der Waals surface area contributed by atoms with Crippen LogP contribution in [0.2, 0.25) is 0 Å². The van der Waals surface area contributed by atoms with E-state index >= 15 is 0 Å². The summed E-state index contributed by atoms with van der Waals surface area (Å²) < 4.78 is 51.5. The van der Waals surface area contributed by atoms with Gasteiger partial charge in [-0.05, 0) is 77.9 Å². The van der Waals surface area contributed by atoms with Gasteiger partial charge in [-0.2, -0.15) is 13.2 Å². The Morgan fingerprint density at radius 2 is 1.00 bits per heavy atom. The van der Waals surface area contributed by atoms with E-state index in [0.717, 1.165) is 17.2 Å². The summed E-state index contributed by atoms with van der Waals surface area (Å²) >= 11 is 0. The number of rotatable bonds is 6. The number of nitrogen functional groups attached to an aromatic ring is 2. The molecule has 0 amide bonds. The van der Waals surface area contributed by atoms with Gasteiger partial charge in [0, 0.05) is 16.8 Å². The quantitative estimate of drug-likeness (QED) is 0.278. The van der Waals surface area contributed by atoms with E-state index in [1.54, 1.807) is 36.4 Å². The fourth-order valence-corrected chi connectivity index (χ4v) is 3.70. The van der Waals surface area contributed by atoms with Crippen molar-refractivity contribution >= 4 is 11.4 Å². The molecule has 0 fully saturated rings. The van der Waals surface area contributed by atoms with Crippen LogP contribution < -0.4 is 20.9 Å². The second-order valence-corrected chi connectivity index (χ2v) is 8.70. The summed E-state index contributed by atoms with van der Waals surface area (Å²) in [6.45, 7) is 4.14. The third-order valence-corrected chi connectivity index (χ3v) is 5.80. The van der Waals surface area contributed by atoms with Crippen molar-refractivity contribution in [3.8, 4) is 23.0 Å². The van der Waals surface area contributed by atoms with Gasteiger partial charge in [-0.3, -0.25) is 0 Å². The Hall–Kier alpha value is -4.13. The van der Waals surface area contributed by atoms with Crippen LogP contribution >= 0.6 is 0 Å². The maximum atomic E-state index is 13.4. The smallest absolute Gasteiger partial charge is 0.420 e. The summed E-state index contributed by atoms with van der Waals surface area (Å²) in [6.07, 6.45) is -4.57. The number of hydrogen-bond donors (Lipinski definition) is 2. The van der Waals surface area contributed by atoms with Crippen molar-refractivity contribution < 1.29 is 22.6 Å². The molecule has 0 radical (unpaired) electrons. The zero-order valence-electron chi connectivity index (χ0n) is 19.3. The molecule has 4 rings (SSSR count). The van der Waals surface area contributed by atoms with Crippen molar-refractivity contribution in [3.05, 3.63) is 108 Å².